The molecule has 6 heteroatoms. The second-order valence-electron chi connectivity index (χ2n) is 5.76. The van der Waals surface area contributed by atoms with Crippen LogP contribution in [-0.4, -0.2) is 63.8 Å². The molecule has 1 aliphatic rings. The van der Waals surface area contributed by atoms with E-state index < -0.39 is 11.5 Å². The van der Waals surface area contributed by atoms with Gasteiger partial charge in [-0.15, -0.1) is 0 Å². The lowest BCUT2D eigenvalue weighted by Crippen LogP contribution is -2.57. The van der Waals surface area contributed by atoms with Gasteiger partial charge in [-0.3, -0.25) is 0 Å². The maximum Gasteiger partial charge on any atom is 0.329 e. The zero-order valence-corrected chi connectivity index (χ0v) is 12.1. The molecule has 0 atom stereocenters. The van der Waals surface area contributed by atoms with Crippen molar-refractivity contribution in [1.82, 2.24) is 9.80 Å². The van der Waals surface area contributed by atoms with E-state index in [1.165, 1.54) is 18.7 Å². The molecule has 2 N–H and O–H groups in total. The van der Waals surface area contributed by atoms with E-state index in [2.05, 4.69) is 0 Å². The number of hydrogen-bond donors (Lipinski definition) is 2. The SMILES string of the molecule is CCN(C(=O)N(C)CC1CC(O)C1)C(C)(C)C(=O)O. The smallest absolute Gasteiger partial charge is 0.329 e. The number of carbonyl (C=O) groups is 2. The van der Waals surface area contributed by atoms with Crippen molar-refractivity contribution in [3.05, 3.63) is 0 Å². The minimum atomic E-state index is -1.22. The first-order chi connectivity index (χ1) is 8.70. The Morgan fingerprint density at radius 3 is 2.21 bits per heavy atom. The maximum absolute atomic E-state index is 12.3. The van der Waals surface area contributed by atoms with Crippen LogP contribution in [0.2, 0.25) is 0 Å². The number of carboxylic acids is 1. The largest absolute Gasteiger partial charge is 0.480 e. The minimum absolute atomic E-state index is 0.244. The number of amides is 2. The number of carbonyl (C=O) groups excluding carboxylic acids is 1. The Bertz CT molecular complexity index is 351. The Morgan fingerprint density at radius 1 is 1.32 bits per heavy atom. The number of hydrogen-bond acceptors (Lipinski definition) is 3. The van der Waals surface area contributed by atoms with E-state index in [1.54, 1.807) is 18.9 Å². The van der Waals surface area contributed by atoms with E-state index in [-0.39, 0.29) is 12.1 Å². The summed E-state index contributed by atoms with van der Waals surface area (Å²) in [6.07, 6.45) is 1.18. The van der Waals surface area contributed by atoms with Gasteiger partial charge in [0, 0.05) is 20.1 Å². The monoisotopic (exact) mass is 272 g/mol. The topological polar surface area (TPSA) is 81.1 Å². The summed E-state index contributed by atoms with van der Waals surface area (Å²) in [5.74, 6) is -0.703. The van der Waals surface area contributed by atoms with Crippen molar-refractivity contribution in [2.75, 3.05) is 20.1 Å². The van der Waals surface area contributed by atoms with Crippen LogP contribution in [0.5, 0.6) is 0 Å². The van der Waals surface area contributed by atoms with Crippen molar-refractivity contribution in [2.24, 2.45) is 5.92 Å². The molecule has 0 saturated heterocycles. The number of nitrogens with zero attached hydrogens (tertiary/aromatic N) is 2. The zero-order valence-electron chi connectivity index (χ0n) is 12.1. The van der Waals surface area contributed by atoms with E-state index in [4.69, 9.17) is 0 Å². The molecule has 0 heterocycles. The molecule has 1 aliphatic carbocycles. The van der Waals surface area contributed by atoms with Crippen LogP contribution in [0.25, 0.3) is 0 Å². The average molecular weight is 272 g/mol. The van der Waals surface area contributed by atoms with Gasteiger partial charge in [0.2, 0.25) is 0 Å². The van der Waals surface area contributed by atoms with Gasteiger partial charge in [-0.1, -0.05) is 0 Å². The van der Waals surface area contributed by atoms with Crippen molar-refractivity contribution >= 4 is 12.0 Å². The van der Waals surface area contributed by atoms with Gasteiger partial charge in [0.25, 0.3) is 0 Å². The highest BCUT2D eigenvalue weighted by Gasteiger charge is 2.39. The molecule has 0 aliphatic heterocycles. The fourth-order valence-corrected chi connectivity index (χ4v) is 2.41. The van der Waals surface area contributed by atoms with Gasteiger partial charge in [-0.05, 0) is 39.5 Å². The lowest BCUT2D eigenvalue weighted by Gasteiger charge is -2.39. The number of likely N-dealkylation sites (N-methyl/N-ethyl adjacent to an activating group) is 1. The fourth-order valence-electron chi connectivity index (χ4n) is 2.41. The standard InChI is InChI=1S/C13H24N2O4/c1-5-15(13(2,3)11(17)18)12(19)14(4)8-9-6-10(16)7-9/h9-10,16H,5-8H2,1-4H3,(H,17,18). The highest BCUT2D eigenvalue weighted by atomic mass is 16.4. The highest BCUT2D eigenvalue weighted by molar-refractivity contribution is 5.85. The van der Waals surface area contributed by atoms with Crippen LogP contribution in [0.4, 0.5) is 4.79 Å². The first kappa shape index (κ1) is 15.8. The van der Waals surface area contributed by atoms with Gasteiger partial charge >= 0.3 is 12.0 Å². The van der Waals surface area contributed by atoms with E-state index >= 15 is 0 Å². The summed E-state index contributed by atoms with van der Waals surface area (Å²) in [5, 5.41) is 18.4. The van der Waals surface area contributed by atoms with E-state index in [0.717, 1.165) is 0 Å². The van der Waals surface area contributed by atoms with Crippen molar-refractivity contribution in [3.63, 3.8) is 0 Å². The molecule has 0 bridgehead atoms. The summed E-state index contributed by atoms with van der Waals surface area (Å²) in [6, 6.07) is -0.281. The fraction of sp³-hybridized carbons (Fsp3) is 0.846. The Morgan fingerprint density at radius 2 is 1.84 bits per heavy atom. The molecule has 110 valence electrons. The molecule has 1 fully saturated rings. The quantitative estimate of drug-likeness (QED) is 0.782. The van der Waals surface area contributed by atoms with Gasteiger partial charge in [0.15, 0.2) is 0 Å². The summed E-state index contributed by atoms with van der Waals surface area (Å²) < 4.78 is 0. The van der Waals surface area contributed by atoms with Crippen molar-refractivity contribution in [2.45, 2.75) is 45.3 Å². The van der Waals surface area contributed by atoms with E-state index in [1.807, 2.05) is 0 Å². The van der Waals surface area contributed by atoms with Crippen molar-refractivity contribution in [3.8, 4) is 0 Å². The molecular weight excluding hydrogens is 248 g/mol. The van der Waals surface area contributed by atoms with Crippen LogP contribution in [0.15, 0.2) is 0 Å². The normalized spacial score (nSPS) is 22.6. The number of carboxylic acid groups (broad SMARTS) is 1. The van der Waals surface area contributed by atoms with Crippen LogP contribution in [-0.2, 0) is 4.79 Å². The third-order valence-corrected chi connectivity index (χ3v) is 3.81. The molecule has 0 unspecified atom stereocenters. The molecule has 2 amide bonds. The highest BCUT2D eigenvalue weighted by Crippen LogP contribution is 2.28. The average Bonchev–Trinajstić information content (AvgIpc) is 2.26. The van der Waals surface area contributed by atoms with Gasteiger partial charge < -0.3 is 20.0 Å². The third-order valence-electron chi connectivity index (χ3n) is 3.81. The Balaban J connectivity index is 2.65. The first-order valence-corrected chi connectivity index (χ1v) is 6.64. The molecule has 1 rings (SSSR count). The Hall–Kier alpha value is -1.30. The van der Waals surface area contributed by atoms with Gasteiger partial charge in [-0.2, -0.15) is 0 Å². The lowest BCUT2D eigenvalue weighted by molar-refractivity contribution is -0.147. The van der Waals surface area contributed by atoms with Crippen LogP contribution in [0.3, 0.4) is 0 Å². The maximum atomic E-state index is 12.3. The number of rotatable bonds is 5. The molecule has 0 aromatic rings. The second kappa shape index (κ2) is 5.77. The summed E-state index contributed by atoms with van der Waals surface area (Å²) in [4.78, 5) is 26.4. The molecule has 0 aromatic heterocycles. The molecule has 0 spiro atoms. The predicted molar refractivity (Wildman–Crippen MR) is 70.9 cm³/mol. The van der Waals surface area contributed by atoms with Crippen LogP contribution in [0, 0.1) is 5.92 Å². The Kier molecular flexibility index (Phi) is 4.79. The third kappa shape index (κ3) is 3.37. The Labute approximate surface area is 114 Å². The summed E-state index contributed by atoms with van der Waals surface area (Å²) in [5.41, 5.74) is -1.22. The molecule has 19 heavy (non-hydrogen) atoms. The van der Waals surface area contributed by atoms with Crippen molar-refractivity contribution in [1.29, 1.82) is 0 Å². The second-order valence-corrected chi connectivity index (χ2v) is 5.76. The van der Waals surface area contributed by atoms with Crippen molar-refractivity contribution < 1.29 is 19.8 Å². The van der Waals surface area contributed by atoms with Crippen LogP contribution < -0.4 is 0 Å². The predicted octanol–water partition coefficient (Wildman–Crippen LogP) is 0.994. The number of aliphatic hydroxyl groups excluding tert-OH is 1. The first-order valence-electron chi connectivity index (χ1n) is 6.64. The minimum Gasteiger partial charge on any atom is -0.480 e. The molecular formula is C13H24N2O4. The summed E-state index contributed by atoms with van der Waals surface area (Å²) >= 11 is 0. The van der Waals surface area contributed by atoms with E-state index in [9.17, 15) is 19.8 Å². The summed E-state index contributed by atoms with van der Waals surface area (Å²) in [7, 11) is 1.67. The van der Waals surface area contributed by atoms with Crippen LogP contribution in [0.1, 0.15) is 33.6 Å². The molecule has 0 radical (unpaired) electrons. The number of aliphatic hydroxyl groups is 1. The summed E-state index contributed by atoms with van der Waals surface area (Å²) in [6.45, 7) is 5.72. The lowest BCUT2D eigenvalue weighted by atomic mass is 9.82. The number of urea groups is 1. The molecule has 0 aromatic carbocycles. The molecule has 1 saturated carbocycles. The number of aliphatic carboxylic acids is 1. The van der Waals surface area contributed by atoms with Gasteiger partial charge in [0.05, 0.1) is 6.10 Å². The van der Waals surface area contributed by atoms with E-state index in [0.29, 0.717) is 31.8 Å². The van der Waals surface area contributed by atoms with Gasteiger partial charge in [0.1, 0.15) is 5.54 Å². The zero-order chi connectivity index (χ0) is 14.8. The van der Waals surface area contributed by atoms with Crippen LogP contribution >= 0.6 is 0 Å². The molecule has 6 nitrogen and oxygen atoms in total. The van der Waals surface area contributed by atoms with Gasteiger partial charge in [-0.25, -0.2) is 9.59 Å².